The molecule has 15 heavy (non-hydrogen) atoms. The number of halogens is 1. The van der Waals surface area contributed by atoms with Gasteiger partial charge in [-0.2, -0.15) is 0 Å². The molecule has 0 aliphatic rings. The summed E-state index contributed by atoms with van der Waals surface area (Å²) in [6, 6.07) is 0.196. The third-order valence-electron chi connectivity index (χ3n) is 2.17. The van der Waals surface area contributed by atoms with Crippen molar-refractivity contribution in [2.24, 2.45) is 0 Å². The zero-order valence-electron chi connectivity index (χ0n) is 9.34. The van der Waals surface area contributed by atoms with Crippen LogP contribution in [0.25, 0.3) is 0 Å². The number of hydrogen-bond donors (Lipinski definition) is 1. The van der Waals surface area contributed by atoms with Crippen LogP contribution in [0.1, 0.15) is 15.6 Å². The molecule has 1 rings (SSSR count). The van der Waals surface area contributed by atoms with E-state index in [2.05, 4.69) is 17.2 Å². The molecule has 1 N–H and O–H groups in total. The summed E-state index contributed by atoms with van der Waals surface area (Å²) in [7, 11) is 1.68. The normalized spacial score (nSPS) is 13.1. The molecule has 0 radical (unpaired) electrons. The number of rotatable bonds is 6. The van der Waals surface area contributed by atoms with Crippen LogP contribution in [0.15, 0.2) is 0 Å². The second-order valence-corrected chi connectivity index (χ2v) is 5.03. The van der Waals surface area contributed by atoms with E-state index < -0.39 is 0 Å². The summed E-state index contributed by atoms with van der Waals surface area (Å²) >= 11 is 7.52. The first-order chi connectivity index (χ1) is 7.17. The van der Waals surface area contributed by atoms with Crippen LogP contribution in [-0.4, -0.2) is 30.6 Å². The van der Waals surface area contributed by atoms with Gasteiger partial charge in [-0.1, -0.05) is 0 Å². The fourth-order valence-corrected chi connectivity index (χ4v) is 2.29. The molecule has 0 spiro atoms. The van der Waals surface area contributed by atoms with Gasteiger partial charge in [-0.15, -0.1) is 22.9 Å². The highest BCUT2D eigenvalue weighted by Gasteiger charge is 2.08. The van der Waals surface area contributed by atoms with Gasteiger partial charge in [0.1, 0.15) is 5.01 Å². The standard InChI is InChI=1S/C10H17ClN2OS/c1-7-8(2)15-10(13-7)5-12-9(4-11)6-14-3/h9,12H,4-6H2,1-3H3. The zero-order chi connectivity index (χ0) is 11.3. The summed E-state index contributed by atoms with van der Waals surface area (Å²) in [6.45, 7) is 5.52. The van der Waals surface area contributed by atoms with Crippen LogP contribution in [0.4, 0.5) is 0 Å². The Hall–Kier alpha value is -0.160. The minimum absolute atomic E-state index is 0.196. The Morgan fingerprint density at radius 2 is 2.27 bits per heavy atom. The first-order valence-corrected chi connectivity index (χ1v) is 6.23. The summed E-state index contributed by atoms with van der Waals surface area (Å²) in [4.78, 5) is 5.73. The molecule has 0 aliphatic heterocycles. The predicted octanol–water partition coefficient (Wildman–Crippen LogP) is 2.10. The first-order valence-electron chi connectivity index (χ1n) is 4.88. The lowest BCUT2D eigenvalue weighted by molar-refractivity contribution is 0.172. The fourth-order valence-electron chi connectivity index (χ4n) is 1.21. The zero-order valence-corrected chi connectivity index (χ0v) is 10.9. The molecule has 0 bridgehead atoms. The number of aryl methyl sites for hydroxylation is 2. The minimum Gasteiger partial charge on any atom is -0.383 e. The number of methoxy groups -OCH3 is 1. The highest BCUT2D eigenvalue weighted by atomic mass is 35.5. The molecule has 1 heterocycles. The quantitative estimate of drug-likeness (QED) is 0.783. The van der Waals surface area contributed by atoms with Crippen molar-refractivity contribution in [2.75, 3.05) is 19.6 Å². The predicted molar refractivity (Wildman–Crippen MR) is 64.8 cm³/mol. The number of nitrogens with one attached hydrogen (secondary N) is 1. The van der Waals surface area contributed by atoms with E-state index in [4.69, 9.17) is 16.3 Å². The lowest BCUT2D eigenvalue weighted by Gasteiger charge is -2.13. The van der Waals surface area contributed by atoms with E-state index in [1.807, 2.05) is 6.92 Å². The molecule has 0 fully saturated rings. The number of nitrogens with zero attached hydrogens (tertiary/aromatic N) is 1. The molecular formula is C10H17ClN2OS. The second kappa shape index (κ2) is 6.43. The van der Waals surface area contributed by atoms with Gasteiger partial charge in [-0.05, 0) is 13.8 Å². The highest BCUT2D eigenvalue weighted by Crippen LogP contribution is 2.16. The fraction of sp³-hybridized carbons (Fsp3) is 0.700. The van der Waals surface area contributed by atoms with Crippen LogP contribution in [0.3, 0.4) is 0 Å². The van der Waals surface area contributed by atoms with Crippen molar-refractivity contribution < 1.29 is 4.74 Å². The van der Waals surface area contributed by atoms with Gasteiger partial charge < -0.3 is 10.1 Å². The summed E-state index contributed by atoms with van der Waals surface area (Å²) in [5, 5.41) is 4.43. The van der Waals surface area contributed by atoms with Crippen LogP contribution in [0.2, 0.25) is 0 Å². The van der Waals surface area contributed by atoms with Crippen LogP contribution in [-0.2, 0) is 11.3 Å². The van der Waals surface area contributed by atoms with Gasteiger partial charge in [0.2, 0.25) is 0 Å². The molecule has 1 unspecified atom stereocenters. The van der Waals surface area contributed by atoms with E-state index in [1.165, 1.54) is 4.88 Å². The lowest BCUT2D eigenvalue weighted by Crippen LogP contribution is -2.34. The minimum atomic E-state index is 0.196. The summed E-state index contributed by atoms with van der Waals surface area (Å²) < 4.78 is 5.05. The summed E-state index contributed by atoms with van der Waals surface area (Å²) in [5.74, 6) is 0.553. The van der Waals surface area contributed by atoms with Gasteiger partial charge in [-0.25, -0.2) is 4.98 Å². The van der Waals surface area contributed by atoms with E-state index >= 15 is 0 Å². The van der Waals surface area contributed by atoms with Gasteiger partial charge >= 0.3 is 0 Å². The van der Waals surface area contributed by atoms with Crippen molar-refractivity contribution in [3.63, 3.8) is 0 Å². The summed E-state index contributed by atoms with van der Waals surface area (Å²) in [6.07, 6.45) is 0. The van der Waals surface area contributed by atoms with E-state index in [9.17, 15) is 0 Å². The maximum atomic E-state index is 5.79. The number of thiazole rings is 1. The number of ether oxygens (including phenoxy) is 1. The molecule has 5 heteroatoms. The molecular weight excluding hydrogens is 232 g/mol. The molecule has 0 saturated heterocycles. The molecule has 0 aliphatic carbocycles. The second-order valence-electron chi connectivity index (χ2n) is 3.44. The van der Waals surface area contributed by atoms with Crippen molar-refractivity contribution >= 4 is 22.9 Å². The molecule has 1 aromatic rings. The first kappa shape index (κ1) is 12.9. The van der Waals surface area contributed by atoms with Gasteiger partial charge in [0.25, 0.3) is 0 Å². The van der Waals surface area contributed by atoms with Crippen LogP contribution in [0.5, 0.6) is 0 Å². The molecule has 1 atom stereocenters. The lowest BCUT2D eigenvalue weighted by atomic mass is 10.3. The van der Waals surface area contributed by atoms with Crippen molar-refractivity contribution in [1.82, 2.24) is 10.3 Å². The Kier molecular flexibility index (Phi) is 5.53. The topological polar surface area (TPSA) is 34.1 Å². The van der Waals surface area contributed by atoms with Gasteiger partial charge in [0.05, 0.1) is 12.3 Å². The Morgan fingerprint density at radius 1 is 1.53 bits per heavy atom. The molecule has 0 saturated carbocycles. The van der Waals surface area contributed by atoms with Crippen molar-refractivity contribution in [3.8, 4) is 0 Å². The Balaban J connectivity index is 2.41. The number of aromatic nitrogens is 1. The average molecular weight is 249 g/mol. The molecule has 86 valence electrons. The Labute approximate surface area is 99.8 Å². The van der Waals surface area contributed by atoms with Crippen molar-refractivity contribution in [2.45, 2.75) is 26.4 Å². The Morgan fingerprint density at radius 3 is 2.73 bits per heavy atom. The monoisotopic (exact) mass is 248 g/mol. The maximum absolute atomic E-state index is 5.79. The highest BCUT2D eigenvalue weighted by molar-refractivity contribution is 7.11. The van der Waals surface area contributed by atoms with Crippen LogP contribution < -0.4 is 5.32 Å². The summed E-state index contributed by atoms with van der Waals surface area (Å²) in [5.41, 5.74) is 1.12. The van der Waals surface area contributed by atoms with Crippen molar-refractivity contribution in [1.29, 1.82) is 0 Å². The average Bonchev–Trinajstić information content (AvgIpc) is 2.53. The molecule has 3 nitrogen and oxygen atoms in total. The third-order valence-corrected chi connectivity index (χ3v) is 3.61. The number of alkyl halides is 1. The van der Waals surface area contributed by atoms with Gasteiger partial charge in [0, 0.05) is 30.5 Å². The smallest absolute Gasteiger partial charge is 0.107 e. The van der Waals surface area contributed by atoms with E-state index in [0.29, 0.717) is 12.5 Å². The largest absolute Gasteiger partial charge is 0.383 e. The van der Waals surface area contributed by atoms with E-state index in [-0.39, 0.29) is 6.04 Å². The van der Waals surface area contributed by atoms with Crippen LogP contribution in [0, 0.1) is 13.8 Å². The Bertz CT molecular complexity index is 284. The van der Waals surface area contributed by atoms with E-state index in [1.54, 1.807) is 18.4 Å². The SMILES string of the molecule is COCC(CCl)NCc1nc(C)c(C)s1. The molecule has 1 aromatic heterocycles. The van der Waals surface area contributed by atoms with Gasteiger partial charge in [0.15, 0.2) is 0 Å². The molecule has 0 amide bonds. The maximum Gasteiger partial charge on any atom is 0.107 e. The van der Waals surface area contributed by atoms with E-state index in [0.717, 1.165) is 17.2 Å². The third kappa shape index (κ3) is 4.07. The van der Waals surface area contributed by atoms with Gasteiger partial charge in [-0.3, -0.25) is 0 Å². The molecule has 0 aromatic carbocycles. The van der Waals surface area contributed by atoms with Crippen molar-refractivity contribution in [3.05, 3.63) is 15.6 Å². The number of hydrogen-bond acceptors (Lipinski definition) is 4. The van der Waals surface area contributed by atoms with Crippen LogP contribution >= 0.6 is 22.9 Å².